The van der Waals surface area contributed by atoms with E-state index in [0.29, 0.717) is 20.6 Å². The highest BCUT2D eigenvalue weighted by Gasteiger charge is 2.38. The van der Waals surface area contributed by atoms with E-state index in [-0.39, 0.29) is 29.1 Å². The molecule has 2 amide bonds. The van der Waals surface area contributed by atoms with E-state index in [1.165, 1.54) is 13.2 Å². The first-order valence-electron chi connectivity index (χ1n) is 11.0. The highest BCUT2D eigenvalue weighted by molar-refractivity contribution is 7.89. The van der Waals surface area contributed by atoms with Gasteiger partial charge in [-0.05, 0) is 69.2 Å². The predicted octanol–water partition coefficient (Wildman–Crippen LogP) is 2.39. The number of nitrogens with one attached hydrogen (secondary N) is 1. The Balaban J connectivity index is 1.93. The summed E-state index contributed by atoms with van der Waals surface area (Å²) in [5, 5.41) is 3.00. The van der Waals surface area contributed by atoms with Crippen LogP contribution in [-0.4, -0.2) is 56.3 Å². The zero-order valence-corrected chi connectivity index (χ0v) is 21.9. The van der Waals surface area contributed by atoms with Gasteiger partial charge in [-0.1, -0.05) is 11.6 Å². The molecular weight excluding hydrogens is 510 g/mol. The number of anilines is 1. The molecule has 1 aliphatic rings. The molecule has 10 nitrogen and oxygen atoms in total. The average molecular weight is 538 g/mol. The predicted molar refractivity (Wildman–Crippen MR) is 133 cm³/mol. The van der Waals surface area contributed by atoms with Gasteiger partial charge in [0.05, 0.1) is 23.5 Å². The largest absolute Gasteiger partial charge is 0.496 e. The van der Waals surface area contributed by atoms with Gasteiger partial charge in [-0.3, -0.25) is 9.59 Å². The van der Waals surface area contributed by atoms with Crippen LogP contribution in [0.5, 0.6) is 5.75 Å². The van der Waals surface area contributed by atoms with Crippen molar-refractivity contribution in [3.63, 3.8) is 0 Å². The second-order valence-electron chi connectivity index (χ2n) is 9.26. The summed E-state index contributed by atoms with van der Waals surface area (Å²) in [6.07, 6.45) is 0.0780. The van der Waals surface area contributed by atoms with E-state index in [2.05, 4.69) is 5.32 Å². The van der Waals surface area contributed by atoms with E-state index in [0.717, 1.165) is 12.1 Å². The molecule has 0 bridgehead atoms. The lowest BCUT2D eigenvalue weighted by Gasteiger charge is -2.24. The van der Waals surface area contributed by atoms with Crippen LogP contribution in [0.4, 0.5) is 5.69 Å². The van der Waals surface area contributed by atoms with Crippen molar-refractivity contribution in [1.29, 1.82) is 0 Å². The van der Waals surface area contributed by atoms with Gasteiger partial charge in [0, 0.05) is 17.3 Å². The maximum absolute atomic E-state index is 13.4. The van der Waals surface area contributed by atoms with E-state index < -0.39 is 45.9 Å². The molecule has 0 aliphatic carbocycles. The van der Waals surface area contributed by atoms with Crippen molar-refractivity contribution in [3.8, 4) is 5.75 Å². The molecule has 1 atom stereocenters. The molecule has 2 aromatic carbocycles. The van der Waals surface area contributed by atoms with Crippen molar-refractivity contribution >= 4 is 45.1 Å². The third-order valence-corrected chi connectivity index (χ3v) is 7.34. The number of nitrogens with two attached hydrogens (primary N) is 1. The molecule has 0 radical (unpaired) electrons. The van der Waals surface area contributed by atoms with Crippen LogP contribution in [0.3, 0.4) is 0 Å². The van der Waals surface area contributed by atoms with Crippen molar-refractivity contribution < 1.29 is 32.3 Å². The van der Waals surface area contributed by atoms with Crippen LogP contribution in [0.1, 0.15) is 36.7 Å². The van der Waals surface area contributed by atoms with Gasteiger partial charge in [-0.15, -0.1) is 0 Å². The molecule has 2 aromatic rings. The molecule has 1 heterocycles. The normalized spacial score (nSPS) is 16.8. The number of sulfonamides is 1. The molecule has 1 unspecified atom stereocenters. The Kier molecular flexibility index (Phi) is 7.85. The van der Waals surface area contributed by atoms with Crippen LogP contribution < -0.4 is 15.8 Å². The molecule has 194 valence electrons. The molecule has 12 heteroatoms. The number of hydrogen-bond acceptors (Lipinski definition) is 8. The fourth-order valence-corrected chi connectivity index (χ4v) is 5.31. The Morgan fingerprint density at radius 2 is 1.89 bits per heavy atom. The molecule has 36 heavy (non-hydrogen) atoms. The standard InChI is InChI=1S/C24H28ClN3O7S/c1-24(2,3)35-23(31)18-7-6-17(11-19(18)26)36(32,33)28-13-21(29)27-12-15(22(28)30)9-14-10-16(25)5-8-20(14)34-4/h5-8,10-11,15H,9,12-13,26H2,1-4H3,(H,27,29). The van der Waals surface area contributed by atoms with E-state index >= 15 is 0 Å². The summed E-state index contributed by atoms with van der Waals surface area (Å²) in [5.41, 5.74) is 5.61. The maximum atomic E-state index is 13.4. The van der Waals surface area contributed by atoms with Gasteiger partial charge in [0.15, 0.2) is 0 Å². The van der Waals surface area contributed by atoms with Crippen LogP contribution in [0.2, 0.25) is 5.02 Å². The minimum atomic E-state index is -4.48. The number of nitrogen functional groups attached to an aromatic ring is 1. The molecule has 1 saturated heterocycles. The van der Waals surface area contributed by atoms with E-state index in [1.54, 1.807) is 39.0 Å². The number of methoxy groups -OCH3 is 1. The van der Waals surface area contributed by atoms with Crippen molar-refractivity contribution in [2.75, 3.05) is 25.9 Å². The van der Waals surface area contributed by atoms with Crippen LogP contribution in [0.15, 0.2) is 41.3 Å². The maximum Gasteiger partial charge on any atom is 0.340 e. The molecule has 1 fully saturated rings. The van der Waals surface area contributed by atoms with Gasteiger partial charge >= 0.3 is 5.97 Å². The van der Waals surface area contributed by atoms with Crippen LogP contribution in [0, 0.1) is 5.92 Å². The number of halogens is 1. The van der Waals surface area contributed by atoms with Crippen LogP contribution >= 0.6 is 11.6 Å². The highest BCUT2D eigenvalue weighted by atomic mass is 35.5. The molecule has 1 aliphatic heterocycles. The number of ether oxygens (including phenoxy) is 2. The molecule has 0 saturated carbocycles. The lowest BCUT2D eigenvalue weighted by atomic mass is 9.98. The molecule has 0 aromatic heterocycles. The Morgan fingerprint density at radius 1 is 1.19 bits per heavy atom. The summed E-state index contributed by atoms with van der Waals surface area (Å²) >= 11 is 6.09. The summed E-state index contributed by atoms with van der Waals surface area (Å²) in [6, 6.07) is 8.32. The summed E-state index contributed by atoms with van der Waals surface area (Å²) in [4.78, 5) is 37.8. The third-order valence-electron chi connectivity index (χ3n) is 5.37. The van der Waals surface area contributed by atoms with Gasteiger partial charge < -0.3 is 20.5 Å². The van der Waals surface area contributed by atoms with Crippen molar-refractivity contribution in [2.24, 2.45) is 5.92 Å². The number of rotatable bonds is 6. The van der Waals surface area contributed by atoms with Gasteiger partial charge in [-0.25, -0.2) is 17.5 Å². The smallest absolute Gasteiger partial charge is 0.340 e. The van der Waals surface area contributed by atoms with Crippen molar-refractivity contribution in [1.82, 2.24) is 9.62 Å². The number of carbonyl (C=O) groups is 3. The molecule has 3 rings (SSSR count). The van der Waals surface area contributed by atoms with E-state index in [4.69, 9.17) is 26.8 Å². The topological polar surface area (TPSA) is 145 Å². The Bertz CT molecular complexity index is 1310. The summed E-state index contributed by atoms with van der Waals surface area (Å²) in [6.45, 7) is 4.29. The van der Waals surface area contributed by atoms with Gasteiger partial charge in [0.2, 0.25) is 11.8 Å². The molecule has 0 spiro atoms. The fourth-order valence-electron chi connectivity index (χ4n) is 3.67. The van der Waals surface area contributed by atoms with Crippen molar-refractivity contribution in [2.45, 2.75) is 37.7 Å². The van der Waals surface area contributed by atoms with Crippen LogP contribution in [0.25, 0.3) is 0 Å². The minimum absolute atomic E-state index is 0.0188. The van der Waals surface area contributed by atoms with Gasteiger partial charge in [-0.2, -0.15) is 0 Å². The summed E-state index contributed by atoms with van der Waals surface area (Å²) < 4.78 is 38.0. The van der Waals surface area contributed by atoms with Gasteiger partial charge in [0.1, 0.15) is 17.9 Å². The Labute approximate surface area is 214 Å². The number of nitrogens with zero attached hydrogens (tertiary/aromatic N) is 1. The Hall–Kier alpha value is -3.31. The first-order chi connectivity index (χ1) is 16.7. The van der Waals surface area contributed by atoms with E-state index in [1.807, 2.05) is 0 Å². The zero-order valence-electron chi connectivity index (χ0n) is 20.3. The van der Waals surface area contributed by atoms with Crippen LogP contribution in [-0.2, 0) is 30.8 Å². The summed E-state index contributed by atoms with van der Waals surface area (Å²) in [7, 11) is -3.02. The minimum Gasteiger partial charge on any atom is -0.496 e. The highest BCUT2D eigenvalue weighted by Crippen LogP contribution is 2.29. The third kappa shape index (κ3) is 6.08. The monoisotopic (exact) mass is 537 g/mol. The molecular formula is C24H28ClN3O7S. The first kappa shape index (κ1) is 27.3. The second kappa shape index (κ2) is 10.4. The number of carbonyl (C=O) groups excluding carboxylic acids is 3. The number of amides is 2. The number of esters is 1. The van der Waals surface area contributed by atoms with E-state index in [9.17, 15) is 22.8 Å². The second-order valence-corrected chi connectivity index (χ2v) is 11.6. The fraction of sp³-hybridized carbons (Fsp3) is 0.375. The number of hydrogen-bond donors (Lipinski definition) is 2. The average Bonchev–Trinajstić information content (AvgIpc) is 2.92. The Morgan fingerprint density at radius 3 is 2.50 bits per heavy atom. The quantitative estimate of drug-likeness (QED) is 0.422. The zero-order chi connectivity index (χ0) is 26.8. The lowest BCUT2D eigenvalue weighted by Crippen LogP contribution is -2.42. The lowest BCUT2D eigenvalue weighted by molar-refractivity contribution is -0.131. The first-order valence-corrected chi connectivity index (χ1v) is 12.8. The summed E-state index contributed by atoms with van der Waals surface area (Å²) in [5.74, 6) is -2.56. The van der Waals surface area contributed by atoms with Crippen molar-refractivity contribution in [3.05, 3.63) is 52.5 Å². The SMILES string of the molecule is COc1ccc(Cl)cc1CC1CNC(=O)CN(S(=O)(=O)c2ccc(C(=O)OC(C)(C)C)c(N)c2)C1=O. The van der Waals surface area contributed by atoms with Gasteiger partial charge in [0.25, 0.3) is 10.0 Å². The molecule has 3 N–H and O–H groups in total. The number of benzene rings is 2.